The molecule has 0 saturated carbocycles. The average Bonchev–Trinajstić information content (AvgIpc) is 2.77. The second kappa shape index (κ2) is 11.4. The number of benzene rings is 2. The lowest BCUT2D eigenvalue weighted by Crippen LogP contribution is -2.48. The van der Waals surface area contributed by atoms with Crippen LogP contribution in [0.4, 0.5) is 0 Å². The van der Waals surface area contributed by atoms with Gasteiger partial charge in [0.2, 0.25) is 0 Å². The second-order valence-corrected chi connectivity index (χ2v) is 8.01. The van der Waals surface area contributed by atoms with E-state index in [2.05, 4.69) is 51.7 Å². The monoisotopic (exact) mass is 423 g/mol. The Morgan fingerprint density at radius 3 is 2.61 bits per heavy atom. The summed E-state index contributed by atoms with van der Waals surface area (Å²) in [6, 6.07) is 16.8. The highest BCUT2D eigenvalue weighted by atomic mass is 16.5. The number of likely N-dealkylation sites (tertiary alicyclic amines) is 1. The lowest BCUT2D eigenvalue weighted by atomic mass is 10.0. The number of carbonyl (C=O) groups excluding carboxylic acids is 1. The van der Waals surface area contributed by atoms with Gasteiger partial charge in [-0.1, -0.05) is 42.0 Å². The average molecular weight is 424 g/mol. The lowest BCUT2D eigenvalue weighted by molar-refractivity contribution is -0.119. The van der Waals surface area contributed by atoms with Gasteiger partial charge in [-0.05, 0) is 43.0 Å². The molecule has 4 N–H and O–H groups in total. The Hall–Kier alpha value is -3.06. The Morgan fingerprint density at radius 2 is 1.90 bits per heavy atom. The molecule has 0 radical (unpaired) electrons. The van der Waals surface area contributed by atoms with E-state index in [1.54, 1.807) is 7.05 Å². The van der Waals surface area contributed by atoms with Crippen LogP contribution >= 0.6 is 0 Å². The predicted molar refractivity (Wildman–Crippen MR) is 124 cm³/mol. The quantitative estimate of drug-likeness (QED) is 0.447. The lowest BCUT2D eigenvalue weighted by Gasteiger charge is -2.33. The molecule has 1 aliphatic rings. The normalized spacial score (nSPS) is 15.5. The number of aliphatic imine (C=N–C) groups is 1. The van der Waals surface area contributed by atoms with Crippen molar-refractivity contribution >= 4 is 11.9 Å². The zero-order valence-corrected chi connectivity index (χ0v) is 18.4. The molecule has 1 saturated heterocycles. The summed E-state index contributed by atoms with van der Waals surface area (Å²) in [5, 5.41) is 6.90. The first kappa shape index (κ1) is 22.6. The van der Waals surface area contributed by atoms with Crippen molar-refractivity contribution in [2.75, 3.05) is 26.7 Å². The summed E-state index contributed by atoms with van der Waals surface area (Å²) in [5.41, 5.74) is 8.87. The zero-order valence-electron chi connectivity index (χ0n) is 18.4. The van der Waals surface area contributed by atoms with E-state index in [0.717, 1.165) is 44.0 Å². The number of nitrogens with one attached hydrogen (secondary N) is 2. The number of guanidine groups is 1. The molecule has 166 valence electrons. The van der Waals surface area contributed by atoms with Gasteiger partial charge in [-0.2, -0.15) is 0 Å². The van der Waals surface area contributed by atoms with E-state index in [-0.39, 0.29) is 6.61 Å². The molecule has 1 amide bonds. The minimum Gasteiger partial charge on any atom is -0.484 e. The van der Waals surface area contributed by atoms with Crippen LogP contribution in [0.15, 0.2) is 53.5 Å². The molecule has 0 aliphatic carbocycles. The van der Waals surface area contributed by atoms with Crippen molar-refractivity contribution in [2.45, 2.75) is 38.9 Å². The highest BCUT2D eigenvalue weighted by Crippen LogP contribution is 2.15. The summed E-state index contributed by atoms with van der Waals surface area (Å²) in [7, 11) is 1.79. The van der Waals surface area contributed by atoms with E-state index in [9.17, 15) is 4.79 Å². The molecule has 0 spiro atoms. The van der Waals surface area contributed by atoms with Crippen molar-refractivity contribution in [2.24, 2.45) is 10.7 Å². The minimum atomic E-state index is -0.488. The Kier molecular flexibility index (Phi) is 8.29. The number of nitrogens with two attached hydrogens (primary N) is 1. The van der Waals surface area contributed by atoms with E-state index >= 15 is 0 Å². The van der Waals surface area contributed by atoms with Crippen molar-refractivity contribution in [3.8, 4) is 5.75 Å². The molecule has 1 fully saturated rings. The van der Waals surface area contributed by atoms with Crippen molar-refractivity contribution in [3.63, 3.8) is 0 Å². The van der Waals surface area contributed by atoms with Gasteiger partial charge in [0.05, 0.1) is 0 Å². The van der Waals surface area contributed by atoms with E-state index in [4.69, 9.17) is 10.5 Å². The van der Waals surface area contributed by atoms with Crippen LogP contribution < -0.4 is 21.1 Å². The summed E-state index contributed by atoms with van der Waals surface area (Å²) < 4.78 is 5.37. The standard InChI is InChI=1S/C24H33N5O2/c1-18-5-3-7-20(13-18)16-29-11-9-21(10-12-29)28-24(26-2)27-15-19-6-4-8-22(14-19)31-17-23(25)30/h3-8,13-14,21H,9-12,15-17H2,1-2H3,(H2,25,30)(H2,26,27,28). The van der Waals surface area contributed by atoms with Crippen molar-refractivity contribution in [1.82, 2.24) is 15.5 Å². The molecule has 1 aliphatic heterocycles. The molecule has 0 unspecified atom stereocenters. The van der Waals surface area contributed by atoms with Gasteiger partial charge < -0.3 is 21.1 Å². The van der Waals surface area contributed by atoms with Crippen LogP contribution in [0.25, 0.3) is 0 Å². The largest absolute Gasteiger partial charge is 0.484 e. The number of hydrogen-bond acceptors (Lipinski definition) is 4. The molecule has 31 heavy (non-hydrogen) atoms. The van der Waals surface area contributed by atoms with Gasteiger partial charge in [0.1, 0.15) is 5.75 Å². The molecular weight excluding hydrogens is 390 g/mol. The van der Waals surface area contributed by atoms with E-state index < -0.39 is 5.91 Å². The van der Waals surface area contributed by atoms with Gasteiger partial charge in [0.15, 0.2) is 12.6 Å². The maximum absolute atomic E-state index is 10.9. The fraction of sp³-hybridized carbons (Fsp3) is 0.417. The third-order valence-corrected chi connectivity index (χ3v) is 5.38. The summed E-state index contributed by atoms with van der Waals surface area (Å²) in [4.78, 5) is 17.8. The summed E-state index contributed by atoms with van der Waals surface area (Å²) in [6.07, 6.45) is 2.17. The second-order valence-electron chi connectivity index (χ2n) is 8.01. The van der Waals surface area contributed by atoms with Crippen LogP contribution in [0, 0.1) is 6.92 Å². The first-order chi connectivity index (χ1) is 15.0. The number of nitrogens with zero attached hydrogens (tertiary/aromatic N) is 2. The van der Waals surface area contributed by atoms with E-state index in [1.807, 2.05) is 24.3 Å². The fourth-order valence-electron chi connectivity index (χ4n) is 3.78. The van der Waals surface area contributed by atoms with Crippen molar-refractivity contribution < 1.29 is 9.53 Å². The summed E-state index contributed by atoms with van der Waals surface area (Å²) in [6.45, 7) is 5.78. The molecule has 7 nitrogen and oxygen atoms in total. The molecule has 3 rings (SSSR count). The van der Waals surface area contributed by atoms with Gasteiger partial charge >= 0.3 is 0 Å². The van der Waals surface area contributed by atoms with Gasteiger partial charge in [-0.15, -0.1) is 0 Å². The predicted octanol–water partition coefficient (Wildman–Crippen LogP) is 2.19. The van der Waals surface area contributed by atoms with Crippen LogP contribution in [0.2, 0.25) is 0 Å². The molecule has 0 bridgehead atoms. The Balaban J connectivity index is 1.42. The number of rotatable bonds is 8. The minimum absolute atomic E-state index is 0.122. The highest BCUT2D eigenvalue weighted by Gasteiger charge is 2.20. The fourth-order valence-corrected chi connectivity index (χ4v) is 3.78. The molecule has 0 atom stereocenters. The third kappa shape index (κ3) is 7.61. The van der Waals surface area contributed by atoms with Crippen LogP contribution in [-0.4, -0.2) is 49.6 Å². The first-order valence-electron chi connectivity index (χ1n) is 10.8. The van der Waals surface area contributed by atoms with Crippen LogP contribution in [-0.2, 0) is 17.9 Å². The third-order valence-electron chi connectivity index (χ3n) is 5.38. The van der Waals surface area contributed by atoms with Crippen molar-refractivity contribution in [1.29, 1.82) is 0 Å². The number of ether oxygens (including phenoxy) is 1. The van der Waals surface area contributed by atoms with E-state index in [0.29, 0.717) is 18.3 Å². The number of amides is 1. The Morgan fingerprint density at radius 1 is 1.16 bits per heavy atom. The smallest absolute Gasteiger partial charge is 0.255 e. The number of aryl methyl sites for hydroxylation is 1. The van der Waals surface area contributed by atoms with Crippen LogP contribution in [0.1, 0.15) is 29.5 Å². The number of piperidine rings is 1. The Labute approximate surface area is 184 Å². The van der Waals surface area contributed by atoms with Crippen LogP contribution in [0.3, 0.4) is 0 Å². The first-order valence-corrected chi connectivity index (χ1v) is 10.8. The molecule has 1 heterocycles. The molecule has 2 aromatic rings. The van der Waals surface area contributed by atoms with Gasteiger partial charge in [0, 0.05) is 39.3 Å². The maximum atomic E-state index is 10.9. The number of carbonyl (C=O) groups is 1. The Bertz CT molecular complexity index is 891. The zero-order chi connectivity index (χ0) is 22.1. The highest BCUT2D eigenvalue weighted by molar-refractivity contribution is 5.80. The van der Waals surface area contributed by atoms with Crippen LogP contribution in [0.5, 0.6) is 5.75 Å². The SMILES string of the molecule is CN=C(NCc1cccc(OCC(N)=O)c1)NC1CCN(Cc2cccc(C)c2)CC1. The summed E-state index contributed by atoms with van der Waals surface area (Å²) >= 11 is 0. The number of primary amides is 1. The van der Waals surface area contributed by atoms with E-state index in [1.165, 1.54) is 11.1 Å². The summed E-state index contributed by atoms with van der Waals surface area (Å²) in [5.74, 6) is 0.931. The molecule has 7 heteroatoms. The van der Waals surface area contributed by atoms with Crippen molar-refractivity contribution in [3.05, 3.63) is 65.2 Å². The molecule has 2 aromatic carbocycles. The number of hydrogen-bond donors (Lipinski definition) is 3. The van der Waals surface area contributed by atoms with Gasteiger partial charge in [0.25, 0.3) is 5.91 Å². The van der Waals surface area contributed by atoms with Gasteiger partial charge in [-0.25, -0.2) is 0 Å². The van der Waals surface area contributed by atoms with Gasteiger partial charge in [-0.3, -0.25) is 14.7 Å². The topological polar surface area (TPSA) is 92.0 Å². The maximum Gasteiger partial charge on any atom is 0.255 e. The molecule has 0 aromatic heterocycles. The molecular formula is C24H33N5O2.